The van der Waals surface area contributed by atoms with Crippen molar-refractivity contribution in [1.29, 1.82) is 0 Å². The molecule has 1 unspecified atom stereocenters. The van der Waals surface area contributed by atoms with Gasteiger partial charge < -0.3 is 15.4 Å². The normalized spacial score (nSPS) is 23.5. The summed E-state index contributed by atoms with van der Waals surface area (Å²) in [4.78, 5) is 11.3. The van der Waals surface area contributed by atoms with Gasteiger partial charge in [-0.15, -0.1) is 0 Å². The van der Waals surface area contributed by atoms with Crippen LogP contribution in [0.25, 0.3) is 0 Å². The number of hydrazine groups is 1. The summed E-state index contributed by atoms with van der Waals surface area (Å²) in [5, 5.41) is 9.32. The number of rotatable bonds is 4. The van der Waals surface area contributed by atoms with Crippen molar-refractivity contribution in [2.75, 3.05) is 30.0 Å². The molecule has 0 amide bonds. The third-order valence-corrected chi connectivity index (χ3v) is 3.92. The molecule has 19 heavy (non-hydrogen) atoms. The Balaban J connectivity index is 1.84. The molecule has 2 fully saturated rings. The molecule has 0 aromatic carbocycles. The van der Waals surface area contributed by atoms with Crippen LogP contribution in [0, 0.1) is 5.92 Å². The Morgan fingerprint density at radius 2 is 2.21 bits per heavy atom. The highest BCUT2D eigenvalue weighted by atomic mass is 16.3. The number of hydrogen-bond acceptors (Lipinski definition) is 6. The summed E-state index contributed by atoms with van der Waals surface area (Å²) in [6, 6.07) is 1.89. The average molecular weight is 263 g/mol. The summed E-state index contributed by atoms with van der Waals surface area (Å²) in [6.45, 7) is 2.10. The summed E-state index contributed by atoms with van der Waals surface area (Å²) in [7, 11) is 0. The van der Waals surface area contributed by atoms with Gasteiger partial charge >= 0.3 is 0 Å². The van der Waals surface area contributed by atoms with E-state index in [0.29, 0.717) is 17.7 Å². The fraction of sp³-hybridized carbons (Fsp3) is 0.692. The highest BCUT2D eigenvalue weighted by molar-refractivity contribution is 5.49. The lowest BCUT2D eigenvalue weighted by Gasteiger charge is -2.33. The van der Waals surface area contributed by atoms with E-state index in [1.807, 2.05) is 6.07 Å². The van der Waals surface area contributed by atoms with Gasteiger partial charge in [0.25, 0.3) is 0 Å². The number of nitrogens with two attached hydrogens (primary N) is 1. The summed E-state index contributed by atoms with van der Waals surface area (Å²) in [5.41, 5.74) is 2.63. The highest BCUT2D eigenvalue weighted by Crippen LogP contribution is 2.39. The molecule has 2 heterocycles. The van der Waals surface area contributed by atoms with E-state index in [1.165, 1.54) is 12.8 Å². The minimum absolute atomic E-state index is 0.249. The molecule has 1 aliphatic carbocycles. The number of anilines is 2. The maximum Gasteiger partial charge on any atom is 0.145 e. The third-order valence-electron chi connectivity index (χ3n) is 3.92. The van der Waals surface area contributed by atoms with Crippen LogP contribution in [0.2, 0.25) is 0 Å². The van der Waals surface area contributed by atoms with E-state index >= 15 is 0 Å². The zero-order valence-corrected chi connectivity index (χ0v) is 11.0. The topological polar surface area (TPSA) is 87.3 Å². The van der Waals surface area contributed by atoms with Crippen molar-refractivity contribution < 1.29 is 5.11 Å². The van der Waals surface area contributed by atoms with Gasteiger partial charge in [-0.05, 0) is 31.6 Å². The van der Waals surface area contributed by atoms with Crippen molar-refractivity contribution in [3.63, 3.8) is 0 Å². The lowest BCUT2D eigenvalue weighted by Crippen LogP contribution is -2.37. The van der Waals surface area contributed by atoms with Gasteiger partial charge in [0.1, 0.15) is 17.5 Å². The second-order valence-corrected chi connectivity index (χ2v) is 5.53. The molecule has 104 valence electrons. The number of aliphatic hydroxyl groups excluding tert-OH is 1. The zero-order valence-electron chi connectivity index (χ0n) is 11.0. The Morgan fingerprint density at radius 3 is 2.89 bits per heavy atom. The molecule has 1 atom stereocenters. The maximum atomic E-state index is 9.32. The van der Waals surface area contributed by atoms with Crippen molar-refractivity contribution in [2.24, 2.45) is 11.8 Å². The van der Waals surface area contributed by atoms with Crippen LogP contribution in [0.4, 0.5) is 11.6 Å². The largest absolute Gasteiger partial charge is 0.396 e. The van der Waals surface area contributed by atoms with E-state index in [9.17, 15) is 5.11 Å². The van der Waals surface area contributed by atoms with Crippen LogP contribution in [-0.2, 0) is 0 Å². The SMILES string of the molecule is NNc1cc(N2CCCC(CO)C2)nc(C2CC2)n1. The fourth-order valence-corrected chi connectivity index (χ4v) is 2.63. The standard InChI is InChI=1S/C13H21N5O/c14-17-11-6-12(16-13(15-11)10-3-4-10)18-5-1-2-9(7-18)8-19/h6,9-10,19H,1-5,7-8,14H2,(H,15,16,17). The molecule has 3 rings (SSSR count). The van der Waals surface area contributed by atoms with E-state index in [-0.39, 0.29) is 6.61 Å². The smallest absolute Gasteiger partial charge is 0.145 e. The van der Waals surface area contributed by atoms with Crippen molar-refractivity contribution in [2.45, 2.75) is 31.6 Å². The van der Waals surface area contributed by atoms with Crippen LogP contribution in [0.5, 0.6) is 0 Å². The number of nitrogens with one attached hydrogen (secondary N) is 1. The summed E-state index contributed by atoms with van der Waals surface area (Å²) in [6.07, 6.45) is 4.54. The first-order valence-electron chi connectivity index (χ1n) is 7.01. The number of hydrogen-bond donors (Lipinski definition) is 3. The van der Waals surface area contributed by atoms with Crippen molar-refractivity contribution >= 4 is 11.6 Å². The van der Waals surface area contributed by atoms with Gasteiger partial charge in [-0.2, -0.15) is 0 Å². The molecule has 1 aromatic heterocycles. The van der Waals surface area contributed by atoms with Gasteiger partial charge in [0.05, 0.1) is 0 Å². The molecule has 1 saturated carbocycles. The molecular formula is C13H21N5O. The zero-order chi connectivity index (χ0) is 13.2. The number of aromatic nitrogens is 2. The van der Waals surface area contributed by atoms with E-state index in [2.05, 4.69) is 20.3 Å². The third kappa shape index (κ3) is 2.79. The van der Waals surface area contributed by atoms with Crippen LogP contribution in [0.3, 0.4) is 0 Å². The molecule has 1 aliphatic heterocycles. The Labute approximate surface area is 113 Å². The molecule has 2 aliphatic rings. The van der Waals surface area contributed by atoms with Gasteiger partial charge in [0.15, 0.2) is 0 Å². The van der Waals surface area contributed by atoms with Gasteiger partial charge in [0, 0.05) is 31.7 Å². The lowest BCUT2D eigenvalue weighted by atomic mass is 9.99. The predicted octanol–water partition coefficient (Wildman–Crippen LogP) is 0.848. The van der Waals surface area contributed by atoms with E-state index in [0.717, 1.165) is 37.6 Å². The molecular weight excluding hydrogens is 242 g/mol. The van der Waals surface area contributed by atoms with Gasteiger partial charge in [-0.25, -0.2) is 15.8 Å². The predicted molar refractivity (Wildman–Crippen MR) is 73.8 cm³/mol. The first-order chi connectivity index (χ1) is 9.30. The average Bonchev–Trinajstić information content (AvgIpc) is 3.31. The minimum Gasteiger partial charge on any atom is -0.396 e. The Morgan fingerprint density at radius 1 is 1.37 bits per heavy atom. The lowest BCUT2D eigenvalue weighted by molar-refractivity contribution is 0.208. The van der Waals surface area contributed by atoms with Crippen LogP contribution < -0.4 is 16.2 Å². The quantitative estimate of drug-likeness (QED) is 0.551. The van der Waals surface area contributed by atoms with Crippen molar-refractivity contribution in [3.8, 4) is 0 Å². The van der Waals surface area contributed by atoms with Crippen molar-refractivity contribution in [3.05, 3.63) is 11.9 Å². The Bertz CT molecular complexity index is 449. The first kappa shape index (κ1) is 12.6. The van der Waals surface area contributed by atoms with Crippen LogP contribution >= 0.6 is 0 Å². The van der Waals surface area contributed by atoms with E-state index in [4.69, 9.17) is 5.84 Å². The van der Waals surface area contributed by atoms with Gasteiger partial charge in [-0.3, -0.25) is 0 Å². The summed E-state index contributed by atoms with van der Waals surface area (Å²) in [5.74, 6) is 8.86. The maximum absolute atomic E-state index is 9.32. The van der Waals surface area contributed by atoms with Crippen molar-refractivity contribution in [1.82, 2.24) is 9.97 Å². The molecule has 6 nitrogen and oxygen atoms in total. The fourth-order valence-electron chi connectivity index (χ4n) is 2.63. The van der Waals surface area contributed by atoms with Gasteiger partial charge in [-0.1, -0.05) is 0 Å². The molecule has 0 bridgehead atoms. The second kappa shape index (κ2) is 5.30. The first-order valence-corrected chi connectivity index (χ1v) is 7.01. The number of piperidine rings is 1. The summed E-state index contributed by atoms with van der Waals surface area (Å²) >= 11 is 0. The number of nitrogens with zero attached hydrogens (tertiary/aromatic N) is 3. The molecule has 4 N–H and O–H groups in total. The monoisotopic (exact) mass is 263 g/mol. The molecule has 6 heteroatoms. The van der Waals surface area contributed by atoms with E-state index < -0.39 is 0 Å². The second-order valence-electron chi connectivity index (χ2n) is 5.53. The Kier molecular flexibility index (Phi) is 3.52. The highest BCUT2D eigenvalue weighted by Gasteiger charge is 2.28. The van der Waals surface area contributed by atoms with E-state index in [1.54, 1.807) is 0 Å². The van der Waals surface area contributed by atoms with Crippen LogP contribution in [0.1, 0.15) is 37.4 Å². The molecule has 0 spiro atoms. The minimum atomic E-state index is 0.249. The van der Waals surface area contributed by atoms with Crippen LogP contribution in [-0.4, -0.2) is 34.8 Å². The van der Waals surface area contributed by atoms with Crippen LogP contribution in [0.15, 0.2) is 6.07 Å². The molecule has 0 radical (unpaired) electrons. The molecule has 1 saturated heterocycles. The number of aliphatic hydroxyl groups is 1. The van der Waals surface area contributed by atoms with Gasteiger partial charge in [0.2, 0.25) is 0 Å². The Hall–Kier alpha value is -1.40. The number of nitrogen functional groups attached to an aromatic ring is 1. The summed E-state index contributed by atoms with van der Waals surface area (Å²) < 4.78 is 0. The molecule has 1 aromatic rings.